The topological polar surface area (TPSA) is 49.2 Å². The monoisotopic (exact) mass is 261 g/mol. The molecule has 1 atom stereocenters. The molecule has 3 rings (SSSR count). The van der Waals surface area contributed by atoms with Crippen molar-refractivity contribution < 1.29 is 9.47 Å². The van der Waals surface area contributed by atoms with Crippen molar-refractivity contribution in [1.82, 2.24) is 14.5 Å². The van der Waals surface area contributed by atoms with Crippen molar-refractivity contribution in [3.05, 3.63) is 24.2 Å². The SMILES string of the molecule is COCCc1nc2cccnc2n1CC1CCOC1. The molecule has 3 heterocycles. The Morgan fingerprint density at radius 2 is 2.47 bits per heavy atom. The van der Waals surface area contributed by atoms with Crippen molar-refractivity contribution in [2.45, 2.75) is 19.4 Å². The quantitative estimate of drug-likeness (QED) is 0.821. The van der Waals surface area contributed by atoms with Gasteiger partial charge >= 0.3 is 0 Å². The van der Waals surface area contributed by atoms with Gasteiger partial charge in [0.15, 0.2) is 5.65 Å². The summed E-state index contributed by atoms with van der Waals surface area (Å²) in [6.07, 6.45) is 3.77. The summed E-state index contributed by atoms with van der Waals surface area (Å²) < 4.78 is 12.9. The summed E-state index contributed by atoms with van der Waals surface area (Å²) in [6, 6.07) is 3.94. The largest absolute Gasteiger partial charge is 0.384 e. The van der Waals surface area contributed by atoms with Crippen LogP contribution in [-0.2, 0) is 22.4 Å². The molecule has 1 saturated heterocycles. The fourth-order valence-electron chi connectivity index (χ4n) is 2.57. The summed E-state index contributed by atoms with van der Waals surface area (Å²) in [5, 5.41) is 0. The van der Waals surface area contributed by atoms with Gasteiger partial charge in [-0.05, 0) is 18.6 Å². The second-order valence-corrected chi connectivity index (χ2v) is 4.96. The molecule has 19 heavy (non-hydrogen) atoms. The third kappa shape index (κ3) is 2.62. The van der Waals surface area contributed by atoms with Gasteiger partial charge in [0.2, 0.25) is 0 Å². The van der Waals surface area contributed by atoms with Crippen molar-refractivity contribution >= 4 is 11.2 Å². The molecule has 0 aliphatic carbocycles. The van der Waals surface area contributed by atoms with Crippen LogP contribution < -0.4 is 0 Å². The van der Waals surface area contributed by atoms with Crippen LogP contribution in [0, 0.1) is 5.92 Å². The Labute approximate surface area is 112 Å². The van der Waals surface area contributed by atoms with Crippen LogP contribution in [-0.4, -0.2) is 41.5 Å². The Hall–Kier alpha value is -1.46. The fraction of sp³-hybridized carbons (Fsp3) is 0.571. The number of hydrogen-bond donors (Lipinski definition) is 0. The van der Waals surface area contributed by atoms with E-state index in [1.807, 2.05) is 18.3 Å². The van der Waals surface area contributed by atoms with E-state index in [1.54, 1.807) is 7.11 Å². The van der Waals surface area contributed by atoms with Crippen LogP contribution >= 0.6 is 0 Å². The zero-order valence-corrected chi connectivity index (χ0v) is 11.2. The molecule has 0 spiro atoms. The first-order chi connectivity index (χ1) is 9.38. The minimum atomic E-state index is 0.570. The molecular weight excluding hydrogens is 242 g/mol. The van der Waals surface area contributed by atoms with Crippen LogP contribution in [0.15, 0.2) is 18.3 Å². The van der Waals surface area contributed by atoms with Crippen molar-refractivity contribution in [2.24, 2.45) is 5.92 Å². The fourth-order valence-corrected chi connectivity index (χ4v) is 2.57. The van der Waals surface area contributed by atoms with E-state index in [0.717, 1.165) is 49.6 Å². The maximum absolute atomic E-state index is 5.46. The summed E-state index contributed by atoms with van der Waals surface area (Å²) in [7, 11) is 1.72. The van der Waals surface area contributed by atoms with Gasteiger partial charge in [-0.25, -0.2) is 9.97 Å². The van der Waals surface area contributed by atoms with E-state index in [-0.39, 0.29) is 0 Å². The molecule has 5 nitrogen and oxygen atoms in total. The molecule has 5 heteroatoms. The predicted molar refractivity (Wildman–Crippen MR) is 72.0 cm³/mol. The van der Waals surface area contributed by atoms with Crippen LogP contribution in [0.4, 0.5) is 0 Å². The van der Waals surface area contributed by atoms with E-state index in [9.17, 15) is 0 Å². The van der Waals surface area contributed by atoms with E-state index in [2.05, 4.69) is 14.5 Å². The highest BCUT2D eigenvalue weighted by molar-refractivity contribution is 5.71. The highest BCUT2D eigenvalue weighted by atomic mass is 16.5. The Kier molecular flexibility index (Phi) is 3.75. The first-order valence-corrected chi connectivity index (χ1v) is 6.75. The number of hydrogen-bond acceptors (Lipinski definition) is 4. The number of pyridine rings is 1. The first-order valence-electron chi connectivity index (χ1n) is 6.75. The molecule has 0 aromatic carbocycles. The Morgan fingerprint density at radius 3 is 3.26 bits per heavy atom. The van der Waals surface area contributed by atoms with E-state index >= 15 is 0 Å². The van der Waals surface area contributed by atoms with Gasteiger partial charge in [-0.2, -0.15) is 0 Å². The molecule has 0 saturated carbocycles. The maximum atomic E-state index is 5.46. The summed E-state index contributed by atoms with van der Waals surface area (Å²) in [5.74, 6) is 1.63. The zero-order valence-electron chi connectivity index (χ0n) is 11.2. The average molecular weight is 261 g/mol. The van der Waals surface area contributed by atoms with Gasteiger partial charge in [0.1, 0.15) is 11.3 Å². The van der Waals surface area contributed by atoms with Crippen LogP contribution in [0.1, 0.15) is 12.2 Å². The number of imidazole rings is 1. The van der Waals surface area contributed by atoms with E-state index < -0.39 is 0 Å². The third-order valence-corrected chi connectivity index (χ3v) is 3.58. The molecule has 1 fully saturated rings. The zero-order chi connectivity index (χ0) is 13.1. The molecule has 0 radical (unpaired) electrons. The van der Waals surface area contributed by atoms with Crippen molar-refractivity contribution in [3.63, 3.8) is 0 Å². The smallest absolute Gasteiger partial charge is 0.159 e. The summed E-state index contributed by atoms with van der Waals surface area (Å²) >= 11 is 0. The van der Waals surface area contributed by atoms with Gasteiger partial charge in [0.05, 0.1) is 13.2 Å². The molecule has 102 valence electrons. The molecule has 1 aliphatic rings. The lowest BCUT2D eigenvalue weighted by molar-refractivity contribution is 0.181. The van der Waals surface area contributed by atoms with Crippen LogP contribution in [0.25, 0.3) is 11.2 Å². The summed E-state index contributed by atoms with van der Waals surface area (Å²) in [6.45, 7) is 3.34. The van der Waals surface area contributed by atoms with Crippen LogP contribution in [0.5, 0.6) is 0 Å². The Bertz CT molecular complexity index is 547. The predicted octanol–water partition coefficient (Wildman–Crippen LogP) is 1.66. The molecule has 2 aromatic heterocycles. The van der Waals surface area contributed by atoms with E-state index in [1.165, 1.54) is 0 Å². The van der Waals surface area contributed by atoms with Crippen LogP contribution in [0.2, 0.25) is 0 Å². The molecule has 0 amide bonds. The van der Waals surface area contributed by atoms with Gasteiger partial charge in [0, 0.05) is 38.8 Å². The molecule has 0 bridgehead atoms. The molecule has 0 N–H and O–H groups in total. The minimum absolute atomic E-state index is 0.570. The molecule has 2 aromatic rings. The molecule has 1 unspecified atom stereocenters. The summed E-state index contributed by atoms with van der Waals surface area (Å²) in [5.41, 5.74) is 1.94. The summed E-state index contributed by atoms with van der Waals surface area (Å²) in [4.78, 5) is 9.14. The van der Waals surface area contributed by atoms with Crippen LogP contribution in [0.3, 0.4) is 0 Å². The van der Waals surface area contributed by atoms with Gasteiger partial charge < -0.3 is 14.0 Å². The standard InChI is InChI=1S/C14H19N3O2/c1-18-7-5-13-16-12-3-2-6-15-14(12)17(13)9-11-4-8-19-10-11/h2-3,6,11H,4-5,7-10H2,1H3. The van der Waals surface area contributed by atoms with Crippen molar-refractivity contribution in [1.29, 1.82) is 0 Å². The Morgan fingerprint density at radius 1 is 1.53 bits per heavy atom. The minimum Gasteiger partial charge on any atom is -0.384 e. The van der Waals surface area contributed by atoms with Crippen molar-refractivity contribution in [2.75, 3.05) is 26.9 Å². The first kappa shape index (κ1) is 12.6. The lowest BCUT2D eigenvalue weighted by Gasteiger charge is -2.12. The lowest BCUT2D eigenvalue weighted by atomic mass is 10.1. The number of aromatic nitrogens is 3. The molecular formula is C14H19N3O2. The van der Waals surface area contributed by atoms with Gasteiger partial charge in [0.25, 0.3) is 0 Å². The second kappa shape index (κ2) is 5.67. The van der Waals surface area contributed by atoms with E-state index in [0.29, 0.717) is 12.5 Å². The third-order valence-electron chi connectivity index (χ3n) is 3.58. The van der Waals surface area contributed by atoms with Crippen molar-refractivity contribution in [3.8, 4) is 0 Å². The van der Waals surface area contributed by atoms with Gasteiger partial charge in [-0.15, -0.1) is 0 Å². The number of fused-ring (bicyclic) bond motifs is 1. The number of nitrogens with zero attached hydrogens (tertiary/aromatic N) is 3. The van der Waals surface area contributed by atoms with Gasteiger partial charge in [-0.1, -0.05) is 0 Å². The average Bonchev–Trinajstić information content (AvgIpc) is 3.06. The number of methoxy groups -OCH3 is 1. The second-order valence-electron chi connectivity index (χ2n) is 4.96. The van der Waals surface area contributed by atoms with E-state index in [4.69, 9.17) is 9.47 Å². The van der Waals surface area contributed by atoms with Gasteiger partial charge in [-0.3, -0.25) is 0 Å². The normalized spacial score (nSPS) is 19.3. The number of ether oxygens (including phenoxy) is 2. The lowest BCUT2D eigenvalue weighted by Crippen LogP contribution is -2.14. The Balaban J connectivity index is 1.92. The maximum Gasteiger partial charge on any atom is 0.159 e. The molecule has 1 aliphatic heterocycles. The number of rotatable bonds is 5. The highest BCUT2D eigenvalue weighted by Gasteiger charge is 2.20. The highest BCUT2D eigenvalue weighted by Crippen LogP contribution is 2.20.